The van der Waals surface area contributed by atoms with E-state index in [-0.39, 0.29) is 5.91 Å². The molecule has 1 aliphatic rings. The topological polar surface area (TPSA) is 58.1 Å². The molecule has 1 amide bonds. The van der Waals surface area contributed by atoms with Crippen molar-refractivity contribution in [3.8, 4) is 0 Å². The Morgan fingerprint density at radius 1 is 1.14 bits per heavy atom. The van der Waals surface area contributed by atoms with E-state index in [0.29, 0.717) is 29.6 Å². The van der Waals surface area contributed by atoms with E-state index in [1.807, 2.05) is 36.4 Å². The minimum Gasteiger partial charge on any atom is -0.350 e. The lowest BCUT2D eigenvalue weighted by atomic mass is 10.0. The first-order chi connectivity index (χ1) is 13.7. The Hall–Kier alpha value is -2.92. The van der Waals surface area contributed by atoms with Crippen LogP contribution in [0, 0.1) is 0 Å². The molecule has 0 aliphatic carbocycles. The maximum atomic E-state index is 12.5. The fraction of sp³-hybridized carbons (Fsp3) is 0.227. The van der Waals surface area contributed by atoms with Crippen molar-refractivity contribution < 1.29 is 4.79 Å². The lowest BCUT2D eigenvalue weighted by Crippen LogP contribution is -2.29. The van der Waals surface area contributed by atoms with Crippen molar-refractivity contribution in [1.82, 2.24) is 15.3 Å². The van der Waals surface area contributed by atoms with Gasteiger partial charge < -0.3 is 10.2 Å². The van der Waals surface area contributed by atoms with Gasteiger partial charge in [0.1, 0.15) is 5.69 Å². The number of halogens is 1. The predicted octanol–water partition coefficient (Wildman–Crippen LogP) is 4.19. The lowest BCUT2D eigenvalue weighted by molar-refractivity contribution is 0.0949. The second-order valence-electron chi connectivity index (χ2n) is 6.76. The predicted molar refractivity (Wildman–Crippen MR) is 111 cm³/mol. The van der Waals surface area contributed by atoms with Gasteiger partial charge in [-0.1, -0.05) is 41.9 Å². The van der Waals surface area contributed by atoms with Crippen LogP contribution in [0.1, 0.15) is 28.0 Å². The zero-order chi connectivity index (χ0) is 19.3. The molecule has 5 nitrogen and oxygen atoms in total. The molecule has 1 aliphatic heterocycles. The first-order valence-corrected chi connectivity index (χ1v) is 9.79. The SMILES string of the molecule is O=C(NCCc1cccc(Cl)c1)c1ccnc(N2CCCc3ccccc32)n1. The third-order valence-electron chi connectivity index (χ3n) is 4.82. The number of carbonyl (C=O) groups is 1. The van der Waals surface area contributed by atoms with Gasteiger partial charge in [0.05, 0.1) is 0 Å². The maximum Gasteiger partial charge on any atom is 0.270 e. The Morgan fingerprint density at radius 2 is 2.04 bits per heavy atom. The van der Waals surface area contributed by atoms with E-state index in [9.17, 15) is 4.79 Å². The van der Waals surface area contributed by atoms with E-state index in [4.69, 9.17) is 11.6 Å². The molecular weight excluding hydrogens is 372 g/mol. The standard InChI is InChI=1S/C22H21ClN4O/c23-18-8-3-5-16(15-18)10-12-24-21(28)19-11-13-25-22(26-19)27-14-4-7-17-6-1-2-9-20(17)27/h1-3,5-6,8-9,11,13,15H,4,7,10,12,14H2,(H,24,28). The summed E-state index contributed by atoms with van der Waals surface area (Å²) in [7, 11) is 0. The minimum atomic E-state index is -0.198. The van der Waals surface area contributed by atoms with Crippen LogP contribution in [-0.2, 0) is 12.8 Å². The number of amides is 1. The van der Waals surface area contributed by atoms with E-state index in [1.54, 1.807) is 12.3 Å². The van der Waals surface area contributed by atoms with Crippen molar-refractivity contribution in [2.45, 2.75) is 19.3 Å². The van der Waals surface area contributed by atoms with E-state index in [2.05, 4.69) is 32.3 Å². The van der Waals surface area contributed by atoms with Crippen LogP contribution in [0.5, 0.6) is 0 Å². The first kappa shape index (κ1) is 18.4. The molecule has 4 rings (SSSR count). The summed E-state index contributed by atoms with van der Waals surface area (Å²) in [5.74, 6) is 0.366. The Labute approximate surface area is 169 Å². The number of para-hydroxylation sites is 1. The second kappa shape index (κ2) is 8.40. The monoisotopic (exact) mass is 392 g/mol. The number of hydrogen-bond donors (Lipinski definition) is 1. The van der Waals surface area contributed by atoms with Crippen molar-refractivity contribution in [1.29, 1.82) is 0 Å². The fourth-order valence-electron chi connectivity index (χ4n) is 3.45. The molecule has 0 spiro atoms. The molecule has 142 valence electrons. The highest BCUT2D eigenvalue weighted by molar-refractivity contribution is 6.30. The van der Waals surface area contributed by atoms with Crippen molar-refractivity contribution >= 4 is 29.1 Å². The zero-order valence-corrected chi connectivity index (χ0v) is 16.2. The van der Waals surface area contributed by atoms with E-state index < -0.39 is 0 Å². The number of aromatic nitrogens is 2. The van der Waals surface area contributed by atoms with Crippen LogP contribution in [0.15, 0.2) is 60.8 Å². The minimum absolute atomic E-state index is 0.198. The molecule has 1 aromatic heterocycles. The van der Waals surface area contributed by atoms with Crippen LogP contribution < -0.4 is 10.2 Å². The molecule has 2 aromatic carbocycles. The normalized spacial score (nSPS) is 13.1. The third-order valence-corrected chi connectivity index (χ3v) is 5.05. The molecule has 3 aromatic rings. The smallest absolute Gasteiger partial charge is 0.270 e. The van der Waals surface area contributed by atoms with Crippen LogP contribution in [0.4, 0.5) is 11.6 Å². The average molecular weight is 393 g/mol. The van der Waals surface area contributed by atoms with Gasteiger partial charge in [0.2, 0.25) is 5.95 Å². The zero-order valence-electron chi connectivity index (χ0n) is 15.4. The fourth-order valence-corrected chi connectivity index (χ4v) is 3.66. The molecule has 0 saturated heterocycles. The van der Waals surface area contributed by atoms with E-state index in [1.165, 1.54) is 5.56 Å². The lowest BCUT2D eigenvalue weighted by Gasteiger charge is -2.29. The highest BCUT2D eigenvalue weighted by Crippen LogP contribution is 2.31. The summed E-state index contributed by atoms with van der Waals surface area (Å²) >= 11 is 6.00. The molecule has 0 unspecified atom stereocenters. The first-order valence-electron chi connectivity index (χ1n) is 9.42. The number of benzene rings is 2. The Bertz CT molecular complexity index is 992. The Balaban J connectivity index is 1.44. The second-order valence-corrected chi connectivity index (χ2v) is 7.20. The maximum absolute atomic E-state index is 12.5. The van der Waals surface area contributed by atoms with Gasteiger partial charge >= 0.3 is 0 Å². The highest BCUT2D eigenvalue weighted by atomic mass is 35.5. The van der Waals surface area contributed by atoms with Crippen molar-refractivity contribution in [2.24, 2.45) is 0 Å². The summed E-state index contributed by atoms with van der Waals surface area (Å²) in [6, 6.07) is 17.6. The summed E-state index contributed by atoms with van der Waals surface area (Å²) < 4.78 is 0. The molecule has 6 heteroatoms. The average Bonchev–Trinajstić information content (AvgIpc) is 2.73. The van der Waals surface area contributed by atoms with E-state index in [0.717, 1.165) is 30.6 Å². The number of anilines is 2. The molecule has 0 radical (unpaired) electrons. The van der Waals surface area contributed by atoms with Crippen LogP contribution >= 0.6 is 11.6 Å². The van der Waals surface area contributed by atoms with Crippen molar-refractivity contribution in [2.75, 3.05) is 18.0 Å². The summed E-state index contributed by atoms with van der Waals surface area (Å²) in [6.45, 7) is 1.36. The van der Waals surface area contributed by atoms with Gasteiger partial charge in [0.15, 0.2) is 0 Å². The van der Waals surface area contributed by atoms with Gasteiger partial charge in [0, 0.05) is 30.0 Å². The van der Waals surface area contributed by atoms with Crippen LogP contribution in [-0.4, -0.2) is 29.0 Å². The quantitative estimate of drug-likeness (QED) is 0.707. The summed E-state index contributed by atoms with van der Waals surface area (Å²) in [4.78, 5) is 23.5. The number of rotatable bonds is 5. The van der Waals surface area contributed by atoms with Gasteiger partial charge in [-0.3, -0.25) is 4.79 Å². The molecule has 0 saturated carbocycles. The van der Waals surface area contributed by atoms with Crippen LogP contribution in [0.2, 0.25) is 5.02 Å². The summed E-state index contributed by atoms with van der Waals surface area (Å²) in [5.41, 5.74) is 3.86. The molecule has 1 N–H and O–H groups in total. The molecule has 28 heavy (non-hydrogen) atoms. The van der Waals surface area contributed by atoms with Gasteiger partial charge in [-0.2, -0.15) is 0 Å². The summed E-state index contributed by atoms with van der Waals surface area (Å²) in [6.07, 6.45) is 4.45. The third kappa shape index (κ3) is 4.15. The number of hydrogen-bond acceptors (Lipinski definition) is 4. The van der Waals surface area contributed by atoms with Gasteiger partial charge in [-0.25, -0.2) is 9.97 Å². The van der Waals surface area contributed by atoms with Gasteiger partial charge in [0.25, 0.3) is 5.91 Å². The van der Waals surface area contributed by atoms with E-state index >= 15 is 0 Å². The van der Waals surface area contributed by atoms with Crippen molar-refractivity contribution in [3.63, 3.8) is 0 Å². The number of nitrogens with zero attached hydrogens (tertiary/aromatic N) is 3. The molecule has 0 bridgehead atoms. The van der Waals surface area contributed by atoms with Crippen molar-refractivity contribution in [3.05, 3.63) is 82.6 Å². The number of nitrogens with one attached hydrogen (secondary N) is 1. The molecular formula is C22H21ClN4O. The number of aryl methyl sites for hydroxylation is 1. The van der Waals surface area contributed by atoms with Crippen LogP contribution in [0.3, 0.4) is 0 Å². The van der Waals surface area contributed by atoms with Crippen LogP contribution in [0.25, 0.3) is 0 Å². The molecule has 2 heterocycles. The summed E-state index contributed by atoms with van der Waals surface area (Å²) in [5, 5.41) is 3.63. The Morgan fingerprint density at radius 3 is 2.93 bits per heavy atom. The highest BCUT2D eigenvalue weighted by Gasteiger charge is 2.20. The number of carbonyl (C=O) groups excluding carboxylic acids is 1. The Kier molecular flexibility index (Phi) is 5.53. The van der Waals surface area contributed by atoms with Gasteiger partial charge in [-0.15, -0.1) is 0 Å². The van der Waals surface area contributed by atoms with Gasteiger partial charge in [-0.05, 0) is 54.7 Å². The largest absolute Gasteiger partial charge is 0.350 e. The molecule has 0 fully saturated rings. The molecule has 0 atom stereocenters. The number of fused-ring (bicyclic) bond motifs is 1.